The molecule has 0 spiro atoms. The van der Waals surface area contributed by atoms with Crippen molar-refractivity contribution in [2.45, 2.75) is 43.4 Å². The Kier molecular flexibility index (Phi) is 10.1. The van der Waals surface area contributed by atoms with Gasteiger partial charge in [0, 0.05) is 80.5 Å². The fraction of sp³-hybridized carbons (Fsp3) is 0.462. The number of benzene rings is 2. The first-order chi connectivity index (χ1) is 25.8. The number of aromatic nitrogens is 3. The molecule has 53 heavy (non-hydrogen) atoms. The fourth-order valence-electron chi connectivity index (χ4n) is 8.46. The van der Waals surface area contributed by atoms with E-state index in [-0.39, 0.29) is 42.7 Å². The minimum absolute atomic E-state index is 0.0237. The van der Waals surface area contributed by atoms with Crippen molar-refractivity contribution in [2.75, 3.05) is 77.1 Å². The number of nitriles is 1. The Hall–Kier alpha value is -4.48. The molecule has 0 radical (unpaired) electrons. The second-order valence-corrected chi connectivity index (χ2v) is 14.7. The average Bonchev–Trinajstić information content (AvgIpc) is 3.70. The molecule has 2 aromatic heterocycles. The average molecular weight is 743 g/mol. The van der Waals surface area contributed by atoms with Gasteiger partial charge < -0.3 is 19.3 Å². The van der Waals surface area contributed by atoms with Crippen molar-refractivity contribution in [2.24, 2.45) is 0 Å². The zero-order chi connectivity index (χ0) is 36.5. The van der Waals surface area contributed by atoms with Crippen molar-refractivity contribution >= 4 is 45.0 Å². The first-order valence-electron chi connectivity index (χ1n) is 18.3. The molecular formula is C39H41ClF2N8O3. The quantitative estimate of drug-likeness (QED) is 0.207. The van der Waals surface area contributed by atoms with Gasteiger partial charge in [0.25, 0.3) is 0 Å². The highest BCUT2D eigenvalue weighted by Gasteiger charge is 2.49. The summed E-state index contributed by atoms with van der Waals surface area (Å²) in [4.78, 5) is 35.5. The summed E-state index contributed by atoms with van der Waals surface area (Å²) in [5, 5.41) is 12.2. The van der Waals surface area contributed by atoms with E-state index in [0.29, 0.717) is 73.0 Å². The van der Waals surface area contributed by atoms with Gasteiger partial charge >= 0.3 is 6.01 Å². The van der Waals surface area contributed by atoms with Gasteiger partial charge in [-0.15, -0.1) is 0 Å². The van der Waals surface area contributed by atoms with Crippen LogP contribution in [0.2, 0.25) is 5.02 Å². The maximum absolute atomic E-state index is 16.9. The lowest BCUT2D eigenvalue weighted by molar-refractivity contribution is -0.128. The maximum atomic E-state index is 16.9. The molecule has 4 saturated heterocycles. The van der Waals surface area contributed by atoms with Crippen LogP contribution >= 0.6 is 11.6 Å². The molecule has 4 aromatic rings. The smallest absolute Gasteiger partial charge is 0.319 e. The number of hydrogen-bond donors (Lipinski definition) is 0. The maximum Gasteiger partial charge on any atom is 0.319 e. The molecule has 276 valence electrons. The van der Waals surface area contributed by atoms with Crippen molar-refractivity contribution < 1.29 is 23.0 Å². The molecule has 0 N–H and O–H groups in total. The van der Waals surface area contributed by atoms with Crippen molar-refractivity contribution in [3.8, 4) is 23.3 Å². The third-order valence-corrected chi connectivity index (χ3v) is 11.4. The zero-order valence-electron chi connectivity index (χ0n) is 29.4. The number of pyridine rings is 1. The van der Waals surface area contributed by atoms with E-state index in [4.69, 9.17) is 26.1 Å². The normalized spacial score (nSPS) is 24.0. The van der Waals surface area contributed by atoms with Crippen molar-refractivity contribution in [1.82, 2.24) is 29.7 Å². The summed E-state index contributed by atoms with van der Waals surface area (Å²) in [7, 11) is 0. The Labute approximate surface area is 311 Å². The molecule has 6 heterocycles. The summed E-state index contributed by atoms with van der Waals surface area (Å²) in [5.41, 5.74) is 0.179. The van der Waals surface area contributed by atoms with E-state index in [1.807, 2.05) is 35.2 Å². The molecule has 14 heteroatoms. The van der Waals surface area contributed by atoms with Crippen molar-refractivity contribution in [3.05, 3.63) is 65.6 Å². The second-order valence-electron chi connectivity index (χ2n) is 14.3. The van der Waals surface area contributed by atoms with Crippen LogP contribution in [0.4, 0.5) is 14.6 Å². The molecule has 4 aliphatic heterocycles. The van der Waals surface area contributed by atoms with Crippen molar-refractivity contribution in [1.29, 1.82) is 5.26 Å². The van der Waals surface area contributed by atoms with Crippen LogP contribution in [0.25, 0.3) is 32.9 Å². The van der Waals surface area contributed by atoms with E-state index >= 15 is 4.39 Å². The van der Waals surface area contributed by atoms with E-state index in [0.717, 1.165) is 37.9 Å². The molecule has 4 aliphatic rings. The molecule has 0 aliphatic carbocycles. The van der Waals surface area contributed by atoms with Gasteiger partial charge in [0.05, 0.1) is 42.7 Å². The van der Waals surface area contributed by atoms with Crippen LogP contribution in [0.1, 0.15) is 25.7 Å². The van der Waals surface area contributed by atoms with Crippen LogP contribution in [-0.4, -0.2) is 125 Å². The Bertz CT molecular complexity index is 2090. The Balaban J connectivity index is 1.13. The summed E-state index contributed by atoms with van der Waals surface area (Å²) >= 11 is 6.63. The summed E-state index contributed by atoms with van der Waals surface area (Å²) in [6.07, 6.45) is 6.29. The predicted molar refractivity (Wildman–Crippen MR) is 198 cm³/mol. The Morgan fingerprint density at radius 2 is 1.94 bits per heavy atom. The summed E-state index contributed by atoms with van der Waals surface area (Å²) < 4.78 is 43.2. The lowest BCUT2D eigenvalue weighted by atomic mass is 9.95. The van der Waals surface area contributed by atoms with E-state index in [9.17, 15) is 14.4 Å². The first kappa shape index (κ1) is 35.5. The van der Waals surface area contributed by atoms with Gasteiger partial charge in [0.2, 0.25) is 5.91 Å². The van der Waals surface area contributed by atoms with Gasteiger partial charge in [-0.1, -0.05) is 48.0 Å². The van der Waals surface area contributed by atoms with Crippen LogP contribution in [0, 0.1) is 17.1 Å². The van der Waals surface area contributed by atoms with Gasteiger partial charge in [-0.2, -0.15) is 15.2 Å². The molecule has 3 atom stereocenters. The number of amides is 1. The summed E-state index contributed by atoms with van der Waals surface area (Å²) in [5.74, 6) is -0.419. The number of rotatable bonds is 9. The van der Waals surface area contributed by atoms with Gasteiger partial charge in [0.15, 0.2) is 5.82 Å². The molecule has 4 fully saturated rings. The molecule has 0 saturated carbocycles. The number of piperazine rings is 1. The van der Waals surface area contributed by atoms with Gasteiger partial charge in [-0.3, -0.25) is 19.6 Å². The number of carbonyl (C=O) groups is 1. The van der Waals surface area contributed by atoms with Gasteiger partial charge in [-0.25, -0.2) is 8.78 Å². The SMILES string of the molecule is N#CC[C@H]1CN(c2nc(OC[C@@]34CCCN3C[C@H](F)C4)nc3c(F)c(-c4cccc5cccc(Cl)c45)ncc23)CCN1C(=O)/C=C/CN1CCOCC1. The number of morpholine rings is 1. The van der Waals surface area contributed by atoms with E-state index < -0.39 is 23.6 Å². The summed E-state index contributed by atoms with van der Waals surface area (Å²) in [6, 6.07) is 12.8. The predicted octanol–water partition coefficient (Wildman–Crippen LogP) is 5.41. The van der Waals surface area contributed by atoms with Crippen LogP contribution < -0.4 is 9.64 Å². The minimum Gasteiger partial charge on any atom is -0.461 e. The number of carbonyl (C=O) groups excluding carboxylic acids is 1. The van der Waals surface area contributed by atoms with Crippen LogP contribution in [0.15, 0.2) is 54.7 Å². The standard InChI is InChI=1S/C39H41ClF2N8O3/c40-31-8-2-6-26-5-1-7-29(33(26)31)35-34(42)36-30(22-44-35)37(46-38(45-36)53-25-39-11-4-14-49(39)23-27(41)21-39)48-15-16-50(28(24-48)10-12-43)32(51)9-3-13-47-17-19-52-20-18-47/h1-3,5-9,22,27-28H,4,10-11,13-21,23-25H2/b9-3+/t27-,28+,39+/m1/s1. The minimum atomic E-state index is -0.934. The molecule has 0 bridgehead atoms. The molecule has 2 aromatic carbocycles. The molecule has 0 unspecified atom stereocenters. The van der Waals surface area contributed by atoms with Gasteiger partial charge in [-0.05, 0) is 30.8 Å². The zero-order valence-corrected chi connectivity index (χ0v) is 30.1. The number of fused-ring (bicyclic) bond motifs is 3. The third kappa shape index (κ3) is 7.01. The van der Waals surface area contributed by atoms with Crippen LogP contribution in [-0.2, 0) is 9.53 Å². The van der Waals surface area contributed by atoms with E-state index in [2.05, 4.69) is 25.8 Å². The number of anilines is 1. The first-order valence-corrected chi connectivity index (χ1v) is 18.7. The Morgan fingerprint density at radius 3 is 2.77 bits per heavy atom. The highest BCUT2D eigenvalue weighted by Crippen LogP contribution is 2.41. The fourth-order valence-corrected chi connectivity index (χ4v) is 8.74. The molecular weight excluding hydrogens is 702 g/mol. The second kappa shape index (κ2) is 15.1. The van der Waals surface area contributed by atoms with Crippen molar-refractivity contribution in [3.63, 3.8) is 0 Å². The van der Waals surface area contributed by atoms with E-state index in [1.54, 1.807) is 29.3 Å². The molecule has 11 nitrogen and oxygen atoms in total. The van der Waals surface area contributed by atoms with Crippen LogP contribution in [0.3, 0.4) is 0 Å². The number of alkyl halides is 1. The number of ether oxygens (including phenoxy) is 2. The molecule has 8 rings (SSSR count). The lowest BCUT2D eigenvalue weighted by Crippen LogP contribution is -2.55. The number of nitrogens with zero attached hydrogens (tertiary/aromatic N) is 8. The largest absolute Gasteiger partial charge is 0.461 e. The Morgan fingerprint density at radius 1 is 1.11 bits per heavy atom. The van der Waals surface area contributed by atoms with E-state index in [1.165, 1.54) is 0 Å². The number of hydrogen-bond acceptors (Lipinski definition) is 10. The highest BCUT2D eigenvalue weighted by molar-refractivity contribution is 6.36. The monoisotopic (exact) mass is 742 g/mol. The topological polar surface area (TPSA) is 111 Å². The van der Waals surface area contributed by atoms with Gasteiger partial charge in [0.1, 0.15) is 29.8 Å². The summed E-state index contributed by atoms with van der Waals surface area (Å²) in [6.45, 7) is 5.95. The lowest BCUT2D eigenvalue weighted by Gasteiger charge is -2.41. The molecule has 1 amide bonds. The third-order valence-electron chi connectivity index (χ3n) is 11.1. The highest BCUT2D eigenvalue weighted by atomic mass is 35.5. The number of halogens is 3. The van der Waals surface area contributed by atoms with Crippen LogP contribution in [0.5, 0.6) is 6.01 Å².